The molecule has 2 heterocycles. The van der Waals surface area contributed by atoms with Crippen LogP contribution >= 0.6 is 23.1 Å². The summed E-state index contributed by atoms with van der Waals surface area (Å²) in [6.07, 6.45) is 1.85. The normalized spacial score (nSPS) is 11.1. The standard InChI is InChI=1S/C27H29N3O2S2/c1-4-16-29(17-5-2)22(31)18-33-27-28-25-24(26(32)30(27)21-14-10-7-11-15-21)23(19(3)34-25)20-12-8-6-9-13-20/h6-15H,4-5,16-18H2,1-3H3. The Balaban J connectivity index is 1.82. The van der Waals surface area contributed by atoms with Crippen molar-refractivity contribution in [1.29, 1.82) is 0 Å². The molecule has 0 atom stereocenters. The molecule has 2 aromatic carbocycles. The predicted molar refractivity (Wildman–Crippen MR) is 143 cm³/mol. The number of para-hydroxylation sites is 1. The lowest BCUT2D eigenvalue weighted by molar-refractivity contribution is -0.128. The first-order valence-electron chi connectivity index (χ1n) is 11.6. The van der Waals surface area contributed by atoms with Crippen LogP contribution in [-0.4, -0.2) is 39.2 Å². The number of rotatable bonds is 9. The first-order valence-corrected chi connectivity index (χ1v) is 13.4. The molecule has 0 aliphatic heterocycles. The Morgan fingerprint density at radius 2 is 1.62 bits per heavy atom. The molecule has 1 amide bonds. The van der Waals surface area contributed by atoms with Gasteiger partial charge in [0.2, 0.25) is 5.91 Å². The van der Waals surface area contributed by atoms with E-state index in [2.05, 4.69) is 13.8 Å². The molecule has 2 aromatic heterocycles. The van der Waals surface area contributed by atoms with Crippen LogP contribution in [0.4, 0.5) is 0 Å². The minimum absolute atomic E-state index is 0.0787. The first kappa shape index (κ1) is 24.2. The van der Waals surface area contributed by atoms with Gasteiger partial charge in [-0.2, -0.15) is 0 Å². The predicted octanol–water partition coefficient (Wildman–Crippen LogP) is 6.16. The zero-order valence-corrected chi connectivity index (χ0v) is 21.4. The Morgan fingerprint density at radius 3 is 2.24 bits per heavy atom. The van der Waals surface area contributed by atoms with Crippen LogP contribution < -0.4 is 5.56 Å². The van der Waals surface area contributed by atoms with E-state index in [1.165, 1.54) is 23.1 Å². The third kappa shape index (κ3) is 4.95. The summed E-state index contributed by atoms with van der Waals surface area (Å²) in [7, 11) is 0. The van der Waals surface area contributed by atoms with E-state index in [0.29, 0.717) is 15.4 Å². The molecule has 0 spiro atoms. The van der Waals surface area contributed by atoms with Gasteiger partial charge in [-0.1, -0.05) is 74.1 Å². The second-order valence-corrected chi connectivity index (χ2v) is 10.3. The largest absolute Gasteiger partial charge is 0.342 e. The van der Waals surface area contributed by atoms with Crippen molar-refractivity contribution in [3.63, 3.8) is 0 Å². The number of nitrogens with zero attached hydrogens (tertiary/aromatic N) is 3. The van der Waals surface area contributed by atoms with Crippen molar-refractivity contribution in [2.24, 2.45) is 0 Å². The molecule has 0 unspecified atom stereocenters. The maximum absolute atomic E-state index is 14.0. The van der Waals surface area contributed by atoms with Gasteiger partial charge in [0.05, 0.1) is 16.8 Å². The summed E-state index contributed by atoms with van der Waals surface area (Å²) in [6, 6.07) is 19.5. The molecule has 0 bridgehead atoms. The first-order chi connectivity index (χ1) is 16.5. The molecule has 34 heavy (non-hydrogen) atoms. The quantitative estimate of drug-likeness (QED) is 0.208. The van der Waals surface area contributed by atoms with Crippen molar-refractivity contribution in [3.05, 3.63) is 75.9 Å². The van der Waals surface area contributed by atoms with E-state index in [4.69, 9.17) is 4.98 Å². The van der Waals surface area contributed by atoms with Gasteiger partial charge in [0, 0.05) is 23.5 Å². The SMILES string of the molecule is CCCN(CCC)C(=O)CSc1nc2sc(C)c(-c3ccccc3)c2c(=O)n1-c1ccccc1. The summed E-state index contributed by atoms with van der Waals surface area (Å²) in [5.41, 5.74) is 2.59. The van der Waals surface area contributed by atoms with Crippen molar-refractivity contribution in [2.45, 2.75) is 38.8 Å². The molecule has 7 heteroatoms. The van der Waals surface area contributed by atoms with Crippen molar-refractivity contribution in [3.8, 4) is 16.8 Å². The number of aromatic nitrogens is 2. The van der Waals surface area contributed by atoms with Crippen molar-refractivity contribution in [2.75, 3.05) is 18.8 Å². The number of aryl methyl sites for hydroxylation is 1. The monoisotopic (exact) mass is 491 g/mol. The van der Waals surface area contributed by atoms with Crippen LogP contribution in [-0.2, 0) is 4.79 Å². The molecule has 4 rings (SSSR count). The highest BCUT2D eigenvalue weighted by molar-refractivity contribution is 7.99. The Morgan fingerprint density at radius 1 is 1.00 bits per heavy atom. The lowest BCUT2D eigenvalue weighted by Crippen LogP contribution is -2.34. The highest BCUT2D eigenvalue weighted by Crippen LogP contribution is 2.37. The summed E-state index contributed by atoms with van der Waals surface area (Å²) < 4.78 is 1.66. The van der Waals surface area contributed by atoms with E-state index in [1.807, 2.05) is 72.5 Å². The Hall–Kier alpha value is -2.90. The van der Waals surface area contributed by atoms with Gasteiger partial charge in [0.1, 0.15) is 4.83 Å². The molecular weight excluding hydrogens is 462 g/mol. The van der Waals surface area contributed by atoms with Crippen LogP contribution in [0, 0.1) is 6.92 Å². The third-order valence-electron chi connectivity index (χ3n) is 5.61. The highest BCUT2D eigenvalue weighted by Gasteiger charge is 2.22. The van der Waals surface area contributed by atoms with E-state index in [-0.39, 0.29) is 17.2 Å². The van der Waals surface area contributed by atoms with E-state index in [0.717, 1.165) is 47.6 Å². The maximum atomic E-state index is 14.0. The minimum Gasteiger partial charge on any atom is -0.342 e. The van der Waals surface area contributed by atoms with E-state index in [9.17, 15) is 9.59 Å². The molecule has 0 saturated heterocycles. The van der Waals surface area contributed by atoms with Crippen molar-refractivity contribution >= 4 is 39.2 Å². The fraction of sp³-hybridized carbons (Fsp3) is 0.296. The Labute approximate surface area is 208 Å². The highest BCUT2D eigenvalue weighted by atomic mass is 32.2. The van der Waals surface area contributed by atoms with Crippen molar-refractivity contribution in [1.82, 2.24) is 14.5 Å². The number of thioether (sulfide) groups is 1. The van der Waals surface area contributed by atoms with Crippen LogP contribution in [0.1, 0.15) is 31.6 Å². The number of carbonyl (C=O) groups excluding carboxylic acids is 1. The van der Waals surface area contributed by atoms with Crippen LogP contribution in [0.15, 0.2) is 70.6 Å². The number of hydrogen-bond donors (Lipinski definition) is 0. The summed E-state index contributed by atoms with van der Waals surface area (Å²) >= 11 is 2.87. The average molecular weight is 492 g/mol. The lowest BCUT2D eigenvalue weighted by Gasteiger charge is -2.21. The molecule has 0 aliphatic carbocycles. The maximum Gasteiger partial charge on any atom is 0.268 e. The van der Waals surface area contributed by atoms with Gasteiger partial charge in [-0.25, -0.2) is 4.98 Å². The number of fused-ring (bicyclic) bond motifs is 1. The molecule has 5 nitrogen and oxygen atoms in total. The van der Waals surface area contributed by atoms with Crippen LogP contribution in [0.2, 0.25) is 0 Å². The second-order valence-electron chi connectivity index (χ2n) is 8.12. The molecule has 176 valence electrons. The van der Waals surface area contributed by atoms with Gasteiger partial charge < -0.3 is 4.90 Å². The third-order valence-corrected chi connectivity index (χ3v) is 7.53. The molecular formula is C27H29N3O2S2. The Kier molecular flexibility index (Phi) is 7.85. The van der Waals surface area contributed by atoms with Crippen LogP contribution in [0.3, 0.4) is 0 Å². The minimum atomic E-state index is -0.103. The van der Waals surface area contributed by atoms with E-state index < -0.39 is 0 Å². The van der Waals surface area contributed by atoms with E-state index in [1.54, 1.807) is 4.57 Å². The molecule has 0 radical (unpaired) electrons. The fourth-order valence-corrected chi connectivity index (χ4v) is 6.12. The zero-order valence-electron chi connectivity index (χ0n) is 19.8. The molecule has 0 saturated carbocycles. The van der Waals surface area contributed by atoms with Crippen LogP contribution in [0.25, 0.3) is 27.0 Å². The van der Waals surface area contributed by atoms with Gasteiger partial charge >= 0.3 is 0 Å². The Bertz CT molecular complexity index is 1330. The summed E-state index contributed by atoms with van der Waals surface area (Å²) in [6.45, 7) is 7.68. The molecule has 0 aliphatic rings. The van der Waals surface area contributed by atoms with Gasteiger partial charge in [-0.3, -0.25) is 14.2 Å². The zero-order chi connectivity index (χ0) is 24.1. The summed E-state index contributed by atoms with van der Waals surface area (Å²) in [4.78, 5) is 35.5. The van der Waals surface area contributed by atoms with Gasteiger partial charge in [-0.15, -0.1) is 11.3 Å². The van der Waals surface area contributed by atoms with Crippen LogP contribution in [0.5, 0.6) is 0 Å². The molecule has 0 fully saturated rings. The summed E-state index contributed by atoms with van der Waals surface area (Å²) in [5, 5.41) is 1.18. The lowest BCUT2D eigenvalue weighted by atomic mass is 10.0. The number of benzene rings is 2. The van der Waals surface area contributed by atoms with E-state index >= 15 is 0 Å². The number of amides is 1. The van der Waals surface area contributed by atoms with Gasteiger partial charge in [0.25, 0.3) is 5.56 Å². The number of carbonyl (C=O) groups is 1. The smallest absolute Gasteiger partial charge is 0.268 e. The number of hydrogen-bond acceptors (Lipinski definition) is 5. The molecule has 0 N–H and O–H groups in total. The topological polar surface area (TPSA) is 55.2 Å². The summed E-state index contributed by atoms with van der Waals surface area (Å²) in [5.74, 6) is 0.329. The van der Waals surface area contributed by atoms with Gasteiger partial charge in [0.15, 0.2) is 5.16 Å². The fourth-order valence-electron chi connectivity index (χ4n) is 4.12. The second kappa shape index (κ2) is 11.0. The van der Waals surface area contributed by atoms with Crippen molar-refractivity contribution < 1.29 is 4.79 Å². The van der Waals surface area contributed by atoms with Gasteiger partial charge in [-0.05, 0) is 37.5 Å². The molecule has 4 aromatic rings. The number of thiophene rings is 1. The average Bonchev–Trinajstić information content (AvgIpc) is 3.19.